The molecule has 0 saturated carbocycles. The summed E-state index contributed by atoms with van der Waals surface area (Å²) in [5, 5.41) is 13.8. The standard InChI is InChI=1S/C15H13ClN2O5/c1-22-13-6-3-9(16)7-11(13)15(19)17-12-5-4-10(18(20)21)8-14(12)23-2/h3-8H,1-2H3,(H,17,19). The number of halogens is 1. The Morgan fingerprint density at radius 3 is 2.43 bits per heavy atom. The summed E-state index contributed by atoms with van der Waals surface area (Å²) in [6.07, 6.45) is 0. The van der Waals surface area contributed by atoms with Crippen LogP contribution in [0.4, 0.5) is 11.4 Å². The van der Waals surface area contributed by atoms with Crippen LogP contribution in [0.5, 0.6) is 11.5 Å². The van der Waals surface area contributed by atoms with Crippen LogP contribution >= 0.6 is 11.6 Å². The maximum Gasteiger partial charge on any atom is 0.273 e. The summed E-state index contributed by atoms with van der Waals surface area (Å²) in [5.41, 5.74) is 0.394. The Hall–Kier alpha value is -2.80. The minimum Gasteiger partial charge on any atom is -0.496 e. The Kier molecular flexibility index (Phi) is 5.02. The fourth-order valence-corrected chi connectivity index (χ4v) is 2.12. The molecule has 0 atom stereocenters. The number of rotatable bonds is 5. The number of nitro groups is 1. The third-order valence-electron chi connectivity index (χ3n) is 3.05. The molecule has 2 aromatic carbocycles. The van der Waals surface area contributed by atoms with Crippen LogP contribution in [0.25, 0.3) is 0 Å². The number of carbonyl (C=O) groups is 1. The van der Waals surface area contributed by atoms with Crippen LogP contribution in [0.2, 0.25) is 5.02 Å². The zero-order valence-corrected chi connectivity index (χ0v) is 13.1. The molecule has 0 radical (unpaired) electrons. The minimum atomic E-state index is -0.548. The Bertz CT molecular complexity index is 764. The van der Waals surface area contributed by atoms with E-state index in [2.05, 4.69) is 5.32 Å². The molecule has 0 bridgehead atoms. The van der Waals surface area contributed by atoms with Gasteiger partial charge in [0.2, 0.25) is 0 Å². The normalized spacial score (nSPS) is 10.0. The Labute approximate surface area is 136 Å². The van der Waals surface area contributed by atoms with Crippen molar-refractivity contribution in [1.82, 2.24) is 0 Å². The van der Waals surface area contributed by atoms with E-state index in [0.29, 0.717) is 16.5 Å². The molecule has 0 heterocycles. The van der Waals surface area contributed by atoms with Gasteiger partial charge in [0, 0.05) is 11.1 Å². The number of carbonyl (C=O) groups excluding carboxylic acids is 1. The molecule has 0 fully saturated rings. The summed E-state index contributed by atoms with van der Waals surface area (Å²) in [5.74, 6) is 0.0535. The molecule has 0 unspecified atom stereocenters. The summed E-state index contributed by atoms with van der Waals surface area (Å²) >= 11 is 5.90. The predicted octanol–water partition coefficient (Wildman–Crippen LogP) is 3.52. The van der Waals surface area contributed by atoms with Crippen molar-refractivity contribution in [2.45, 2.75) is 0 Å². The average Bonchev–Trinajstić information content (AvgIpc) is 2.54. The molecule has 1 amide bonds. The number of methoxy groups -OCH3 is 2. The van der Waals surface area contributed by atoms with E-state index in [1.807, 2.05) is 0 Å². The smallest absolute Gasteiger partial charge is 0.273 e. The summed E-state index contributed by atoms with van der Waals surface area (Å²) < 4.78 is 10.2. The zero-order chi connectivity index (χ0) is 17.0. The van der Waals surface area contributed by atoms with Crippen LogP contribution in [-0.2, 0) is 0 Å². The third-order valence-corrected chi connectivity index (χ3v) is 3.29. The average molecular weight is 337 g/mol. The van der Waals surface area contributed by atoms with Crippen molar-refractivity contribution in [2.24, 2.45) is 0 Å². The molecule has 120 valence electrons. The maximum atomic E-state index is 12.4. The molecule has 0 aromatic heterocycles. The van der Waals surface area contributed by atoms with Gasteiger partial charge in [-0.1, -0.05) is 11.6 Å². The number of nitrogens with one attached hydrogen (secondary N) is 1. The fraction of sp³-hybridized carbons (Fsp3) is 0.133. The van der Waals surface area contributed by atoms with Crippen LogP contribution in [0, 0.1) is 10.1 Å². The van der Waals surface area contributed by atoms with Gasteiger partial charge >= 0.3 is 0 Å². The first kappa shape index (κ1) is 16.6. The van der Waals surface area contributed by atoms with E-state index in [4.69, 9.17) is 21.1 Å². The third kappa shape index (κ3) is 3.70. The molecule has 2 rings (SSSR count). The number of amides is 1. The van der Waals surface area contributed by atoms with E-state index in [-0.39, 0.29) is 17.0 Å². The number of hydrogen-bond acceptors (Lipinski definition) is 5. The van der Waals surface area contributed by atoms with Crippen molar-refractivity contribution >= 4 is 28.9 Å². The molecule has 1 N–H and O–H groups in total. The lowest BCUT2D eigenvalue weighted by molar-refractivity contribution is -0.384. The van der Waals surface area contributed by atoms with Gasteiger partial charge in [-0.25, -0.2) is 0 Å². The van der Waals surface area contributed by atoms with Gasteiger partial charge in [-0.15, -0.1) is 0 Å². The SMILES string of the molecule is COc1cc([N+](=O)[O-])ccc1NC(=O)c1cc(Cl)ccc1OC. The Morgan fingerprint density at radius 2 is 1.83 bits per heavy atom. The van der Waals surface area contributed by atoms with Crippen molar-refractivity contribution in [1.29, 1.82) is 0 Å². The topological polar surface area (TPSA) is 90.7 Å². The molecule has 0 saturated heterocycles. The molecule has 0 aliphatic carbocycles. The van der Waals surface area contributed by atoms with Gasteiger partial charge in [0.15, 0.2) is 0 Å². The lowest BCUT2D eigenvalue weighted by Gasteiger charge is -2.12. The van der Waals surface area contributed by atoms with Gasteiger partial charge in [-0.05, 0) is 24.3 Å². The van der Waals surface area contributed by atoms with Gasteiger partial charge in [-0.3, -0.25) is 14.9 Å². The Morgan fingerprint density at radius 1 is 1.13 bits per heavy atom. The van der Waals surface area contributed by atoms with Gasteiger partial charge < -0.3 is 14.8 Å². The second-order valence-electron chi connectivity index (χ2n) is 4.44. The molecule has 8 heteroatoms. The van der Waals surface area contributed by atoms with Crippen molar-refractivity contribution in [2.75, 3.05) is 19.5 Å². The number of anilines is 1. The summed E-state index contributed by atoms with van der Waals surface area (Å²) in [4.78, 5) is 22.6. The second-order valence-corrected chi connectivity index (χ2v) is 4.88. The number of ether oxygens (including phenoxy) is 2. The van der Waals surface area contributed by atoms with Crippen LogP contribution in [0.1, 0.15) is 10.4 Å². The molecule has 7 nitrogen and oxygen atoms in total. The molecular formula is C15H13ClN2O5. The molecule has 0 aliphatic rings. The first-order valence-corrected chi connectivity index (χ1v) is 6.81. The monoisotopic (exact) mass is 336 g/mol. The van der Waals surface area contributed by atoms with E-state index in [0.717, 1.165) is 0 Å². The summed E-state index contributed by atoms with van der Waals surface area (Å²) in [7, 11) is 2.79. The highest BCUT2D eigenvalue weighted by Crippen LogP contribution is 2.30. The Balaban J connectivity index is 2.34. The number of nitrogens with zero attached hydrogens (tertiary/aromatic N) is 1. The number of non-ortho nitro benzene ring substituents is 1. The van der Waals surface area contributed by atoms with Crippen LogP contribution in [0.15, 0.2) is 36.4 Å². The van der Waals surface area contributed by atoms with Crippen LogP contribution in [-0.4, -0.2) is 25.1 Å². The van der Waals surface area contributed by atoms with Gasteiger partial charge in [0.05, 0.1) is 36.5 Å². The highest BCUT2D eigenvalue weighted by molar-refractivity contribution is 6.31. The number of hydrogen-bond donors (Lipinski definition) is 1. The number of benzene rings is 2. The van der Waals surface area contributed by atoms with E-state index in [1.54, 1.807) is 12.1 Å². The lowest BCUT2D eigenvalue weighted by atomic mass is 10.1. The second kappa shape index (κ2) is 6.97. The minimum absolute atomic E-state index is 0.139. The summed E-state index contributed by atoms with van der Waals surface area (Å²) in [6.45, 7) is 0. The zero-order valence-electron chi connectivity index (χ0n) is 12.3. The molecule has 23 heavy (non-hydrogen) atoms. The molecule has 0 spiro atoms. The fourth-order valence-electron chi connectivity index (χ4n) is 1.94. The van der Waals surface area contributed by atoms with Crippen molar-refractivity contribution in [3.05, 3.63) is 57.1 Å². The van der Waals surface area contributed by atoms with E-state index in [1.165, 1.54) is 38.5 Å². The highest BCUT2D eigenvalue weighted by atomic mass is 35.5. The van der Waals surface area contributed by atoms with Crippen LogP contribution in [0.3, 0.4) is 0 Å². The molecule has 2 aromatic rings. The molecule has 0 aliphatic heterocycles. The molecular weight excluding hydrogens is 324 g/mol. The number of nitro benzene ring substituents is 1. The van der Waals surface area contributed by atoms with E-state index in [9.17, 15) is 14.9 Å². The van der Waals surface area contributed by atoms with Gasteiger partial charge in [-0.2, -0.15) is 0 Å². The van der Waals surface area contributed by atoms with Gasteiger partial charge in [0.1, 0.15) is 11.5 Å². The first-order chi connectivity index (χ1) is 11.0. The van der Waals surface area contributed by atoms with Crippen LogP contribution < -0.4 is 14.8 Å². The lowest BCUT2D eigenvalue weighted by Crippen LogP contribution is -2.14. The summed E-state index contributed by atoms with van der Waals surface area (Å²) in [6, 6.07) is 8.53. The predicted molar refractivity (Wildman–Crippen MR) is 85.6 cm³/mol. The highest BCUT2D eigenvalue weighted by Gasteiger charge is 2.17. The maximum absolute atomic E-state index is 12.4. The van der Waals surface area contributed by atoms with E-state index >= 15 is 0 Å². The van der Waals surface area contributed by atoms with Crippen molar-refractivity contribution < 1.29 is 19.2 Å². The largest absolute Gasteiger partial charge is 0.496 e. The van der Waals surface area contributed by atoms with Crippen molar-refractivity contribution in [3.63, 3.8) is 0 Å². The van der Waals surface area contributed by atoms with Gasteiger partial charge in [0.25, 0.3) is 11.6 Å². The first-order valence-electron chi connectivity index (χ1n) is 6.43. The van der Waals surface area contributed by atoms with Crippen molar-refractivity contribution in [3.8, 4) is 11.5 Å². The van der Waals surface area contributed by atoms with E-state index < -0.39 is 10.8 Å². The quantitative estimate of drug-likeness (QED) is 0.666.